The lowest BCUT2D eigenvalue weighted by Crippen LogP contribution is -2.24. The van der Waals surface area contributed by atoms with Crippen molar-refractivity contribution in [3.63, 3.8) is 0 Å². The zero-order valence-corrected chi connectivity index (χ0v) is 11.1. The molecule has 0 aliphatic heterocycles. The lowest BCUT2D eigenvalue weighted by molar-refractivity contribution is 0.461. The van der Waals surface area contributed by atoms with E-state index in [0.717, 1.165) is 11.9 Å². The van der Waals surface area contributed by atoms with Crippen molar-refractivity contribution < 1.29 is 8.78 Å². The van der Waals surface area contributed by atoms with Crippen molar-refractivity contribution in [2.75, 3.05) is 0 Å². The maximum absolute atomic E-state index is 13.2. The molecule has 6 heteroatoms. The normalized spacial score (nSPS) is 14.4. The summed E-state index contributed by atoms with van der Waals surface area (Å²) >= 11 is 0. The highest BCUT2D eigenvalue weighted by Gasteiger charge is 2.16. The number of rotatable bonds is 4. The van der Waals surface area contributed by atoms with E-state index in [-0.39, 0.29) is 12.1 Å². The Labute approximate surface area is 110 Å². The molecule has 0 spiro atoms. The third-order valence-electron chi connectivity index (χ3n) is 3.02. The number of hydrogen-bond donors (Lipinski definition) is 1. The van der Waals surface area contributed by atoms with Gasteiger partial charge in [0.2, 0.25) is 0 Å². The Balaban J connectivity index is 2.12. The topological polar surface area (TPSA) is 42.7 Å². The fourth-order valence-corrected chi connectivity index (χ4v) is 2.06. The summed E-state index contributed by atoms with van der Waals surface area (Å²) in [6, 6.07) is 3.24. The van der Waals surface area contributed by atoms with Crippen LogP contribution >= 0.6 is 0 Å². The second-order valence-electron chi connectivity index (χ2n) is 4.61. The van der Waals surface area contributed by atoms with Gasteiger partial charge >= 0.3 is 0 Å². The smallest absolute Gasteiger partial charge is 0.149 e. The maximum atomic E-state index is 13.2. The molecule has 0 aliphatic carbocycles. The van der Waals surface area contributed by atoms with Gasteiger partial charge in [0.05, 0.1) is 6.04 Å². The summed E-state index contributed by atoms with van der Waals surface area (Å²) in [5.74, 6) is -0.381. The van der Waals surface area contributed by atoms with Crippen LogP contribution in [-0.4, -0.2) is 14.8 Å². The van der Waals surface area contributed by atoms with Gasteiger partial charge in [0, 0.05) is 19.2 Å². The molecule has 1 aromatic carbocycles. The SMILES string of the molecule is CC(NC(C)c1nncn1C)c1cc(F)cc(F)c1. The van der Waals surface area contributed by atoms with Gasteiger partial charge in [-0.1, -0.05) is 0 Å². The average Bonchev–Trinajstić information content (AvgIpc) is 2.74. The number of aromatic nitrogens is 3. The minimum Gasteiger partial charge on any atom is -0.319 e. The van der Waals surface area contributed by atoms with E-state index in [1.54, 1.807) is 10.9 Å². The van der Waals surface area contributed by atoms with Gasteiger partial charge in [-0.3, -0.25) is 0 Å². The van der Waals surface area contributed by atoms with Crippen LogP contribution in [0.5, 0.6) is 0 Å². The highest BCUT2D eigenvalue weighted by Crippen LogP contribution is 2.19. The number of aryl methyl sites for hydroxylation is 1. The molecule has 0 saturated heterocycles. The summed E-state index contributed by atoms with van der Waals surface area (Å²) in [4.78, 5) is 0. The van der Waals surface area contributed by atoms with Crippen LogP contribution in [-0.2, 0) is 7.05 Å². The second-order valence-corrected chi connectivity index (χ2v) is 4.61. The molecule has 1 heterocycles. The van der Waals surface area contributed by atoms with Crippen LogP contribution in [0.25, 0.3) is 0 Å². The quantitative estimate of drug-likeness (QED) is 0.924. The van der Waals surface area contributed by atoms with E-state index in [0.29, 0.717) is 5.56 Å². The van der Waals surface area contributed by atoms with Gasteiger partial charge < -0.3 is 9.88 Å². The lowest BCUT2D eigenvalue weighted by Gasteiger charge is -2.19. The predicted octanol–water partition coefficient (Wildman–Crippen LogP) is 2.51. The van der Waals surface area contributed by atoms with Crippen molar-refractivity contribution in [2.24, 2.45) is 7.05 Å². The van der Waals surface area contributed by atoms with Gasteiger partial charge in [0.15, 0.2) is 0 Å². The molecule has 0 amide bonds. The lowest BCUT2D eigenvalue weighted by atomic mass is 10.1. The van der Waals surface area contributed by atoms with E-state index in [4.69, 9.17) is 0 Å². The zero-order valence-electron chi connectivity index (χ0n) is 11.1. The largest absolute Gasteiger partial charge is 0.319 e. The first-order valence-electron chi connectivity index (χ1n) is 6.03. The standard InChI is InChI=1S/C13H16F2N4/c1-8(10-4-11(14)6-12(15)5-10)17-9(2)13-18-16-7-19(13)3/h4-9,17H,1-3H3. The highest BCUT2D eigenvalue weighted by atomic mass is 19.1. The van der Waals surface area contributed by atoms with Crippen LogP contribution in [0.1, 0.15) is 37.3 Å². The van der Waals surface area contributed by atoms with E-state index in [2.05, 4.69) is 15.5 Å². The van der Waals surface area contributed by atoms with Gasteiger partial charge in [0.25, 0.3) is 0 Å². The Hall–Kier alpha value is -1.82. The van der Waals surface area contributed by atoms with Gasteiger partial charge in [-0.2, -0.15) is 0 Å². The molecule has 0 saturated carbocycles. The van der Waals surface area contributed by atoms with E-state index in [1.165, 1.54) is 12.1 Å². The van der Waals surface area contributed by atoms with Crippen molar-refractivity contribution in [1.29, 1.82) is 0 Å². The van der Waals surface area contributed by atoms with Crippen molar-refractivity contribution in [1.82, 2.24) is 20.1 Å². The Kier molecular flexibility index (Phi) is 3.90. The molecule has 2 unspecified atom stereocenters. The van der Waals surface area contributed by atoms with E-state index in [1.807, 2.05) is 20.9 Å². The first-order chi connectivity index (χ1) is 8.97. The van der Waals surface area contributed by atoms with Gasteiger partial charge in [0.1, 0.15) is 23.8 Å². The van der Waals surface area contributed by atoms with E-state index < -0.39 is 11.6 Å². The Bertz CT molecular complexity index is 547. The monoisotopic (exact) mass is 266 g/mol. The highest BCUT2D eigenvalue weighted by molar-refractivity contribution is 5.21. The molecule has 1 aromatic heterocycles. The molecule has 2 aromatic rings. The molecule has 102 valence electrons. The maximum Gasteiger partial charge on any atom is 0.149 e. The molecule has 0 bridgehead atoms. The fourth-order valence-electron chi connectivity index (χ4n) is 2.06. The molecule has 0 fully saturated rings. The molecule has 2 atom stereocenters. The van der Waals surface area contributed by atoms with Gasteiger partial charge in [-0.25, -0.2) is 8.78 Å². The molecule has 1 N–H and O–H groups in total. The third-order valence-corrected chi connectivity index (χ3v) is 3.02. The van der Waals surface area contributed by atoms with Gasteiger partial charge in [-0.05, 0) is 31.5 Å². The van der Waals surface area contributed by atoms with Gasteiger partial charge in [-0.15, -0.1) is 10.2 Å². The van der Waals surface area contributed by atoms with Crippen LogP contribution in [0, 0.1) is 11.6 Å². The van der Waals surface area contributed by atoms with Crippen LogP contribution < -0.4 is 5.32 Å². The average molecular weight is 266 g/mol. The first kappa shape index (κ1) is 13.6. The number of nitrogens with one attached hydrogen (secondary N) is 1. The Morgan fingerprint density at radius 1 is 1.11 bits per heavy atom. The van der Waals surface area contributed by atoms with E-state index in [9.17, 15) is 8.78 Å². The number of halogens is 2. The third kappa shape index (κ3) is 3.14. The molecule has 4 nitrogen and oxygen atoms in total. The molecule has 0 aliphatic rings. The van der Waals surface area contributed by atoms with Crippen LogP contribution in [0.4, 0.5) is 8.78 Å². The molecular weight excluding hydrogens is 250 g/mol. The second kappa shape index (κ2) is 5.44. The fraction of sp³-hybridized carbons (Fsp3) is 0.385. The molecular formula is C13H16F2N4. The van der Waals surface area contributed by atoms with Crippen LogP contribution in [0.2, 0.25) is 0 Å². The summed E-state index contributed by atoms with van der Waals surface area (Å²) in [7, 11) is 1.85. The number of benzene rings is 1. The summed E-state index contributed by atoms with van der Waals surface area (Å²) in [5.41, 5.74) is 0.562. The van der Waals surface area contributed by atoms with Crippen LogP contribution in [0.3, 0.4) is 0 Å². The Morgan fingerprint density at radius 2 is 1.74 bits per heavy atom. The van der Waals surface area contributed by atoms with Crippen molar-refractivity contribution in [3.05, 3.63) is 47.5 Å². The predicted molar refractivity (Wildman–Crippen MR) is 67.3 cm³/mol. The van der Waals surface area contributed by atoms with Crippen molar-refractivity contribution in [2.45, 2.75) is 25.9 Å². The minimum atomic E-state index is -0.574. The van der Waals surface area contributed by atoms with E-state index >= 15 is 0 Å². The summed E-state index contributed by atoms with van der Waals surface area (Å²) < 4.78 is 28.1. The number of nitrogens with zero attached hydrogens (tertiary/aromatic N) is 3. The first-order valence-corrected chi connectivity index (χ1v) is 6.03. The summed E-state index contributed by atoms with van der Waals surface area (Å²) in [5, 5.41) is 11.0. The zero-order chi connectivity index (χ0) is 14.0. The Morgan fingerprint density at radius 3 is 2.26 bits per heavy atom. The van der Waals surface area contributed by atoms with Crippen LogP contribution in [0.15, 0.2) is 24.5 Å². The molecule has 0 radical (unpaired) electrons. The minimum absolute atomic E-state index is 0.0752. The van der Waals surface area contributed by atoms with Crippen molar-refractivity contribution in [3.8, 4) is 0 Å². The summed E-state index contributed by atoms with van der Waals surface area (Å²) in [6.07, 6.45) is 1.61. The molecule has 19 heavy (non-hydrogen) atoms. The summed E-state index contributed by atoms with van der Waals surface area (Å²) in [6.45, 7) is 3.78. The van der Waals surface area contributed by atoms with Crippen molar-refractivity contribution >= 4 is 0 Å². The molecule has 2 rings (SSSR count). The number of hydrogen-bond acceptors (Lipinski definition) is 3.